The van der Waals surface area contributed by atoms with Crippen molar-refractivity contribution in [2.45, 2.75) is 70.4 Å². The summed E-state index contributed by atoms with van der Waals surface area (Å²) in [5.74, 6) is 0.319. The maximum Gasteiger partial charge on any atom is 0.222 e. The maximum absolute atomic E-state index is 12.5. The molecule has 1 N–H and O–H groups in total. The number of halogens is 1. The molecule has 0 aliphatic carbocycles. The Balaban J connectivity index is 0.00000208. The average molecular weight is 351 g/mol. The topological polar surface area (TPSA) is 32.3 Å². The molecule has 3 rings (SSSR count). The van der Waals surface area contributed by atoms with Crippen molar-refractivity contribution in [3.63, 3.8) is 0 Å². The monoisotopic (exact) mass is 350 g/mol. The normalized spacial score (nSPS) is 23.5. The fourth-order valence-corrected chi connectivity index (χ4v) is 3.75. The molecule has 2 saturated heterocycles. The van der Waals surface area contributed by atoms with Crippen LogP contribution in [0.4, 0.5) is 0 Å². The highest BCUT2D eigenvalue weighted by Crippen LogP contribution is 2.23. The highest BCUT2D eigenvalue weighted by atomic mass is 35.5. The molecule has 1 aromatic rings. The third-order valence-corrected chi connectivity index (χ3v) is 5.32. The van der Waals surface area contributed by atoms with Crippen LogP contribution >= 0.6 is 12.4 Å². The van der Waals surface area contributed by atoms with Crippen molar-refractivity contribution in [2.24, 2.45) is 0 Å². The molecule has 1 amide bonds. The standard InChI is InChI=1S/C20H30N2O.ClH/c1-20(2,3)16-7-4-15(5-8-16)6-11-19(23)22-13-12-17-9-10-18(14-22)21-17;/h4-5,7-8,17-18,21H,6,9-14H2,1-3H3;1H. The fourth-order valence-electron chi connectivity index (χ4n) is 3.75. The van der Waals surface area contributed by atoms with Gasteiger partial charge in [-0.15, -0.1) is 12.4 Å². The number of aryl methyl sites for hydroxylation is 1. The van der Waals surface area contributed by atoms with Crippen molar-refractivity contribution < 1.29 is 4.79 Å². The molecule has 3 nitrogen and oxygen atoms in total. The lowest BCUT2D eigenvalue weighted by Gasteiger charge is -2.24. The summed E-state index contributed by atoms with van der Waals surface area (Å²) in [6, 6.07) is 9.93. The zero-order valence-corrected chi connectivity index (χ0v) is 16.0. The predicted octanol–water partition coefficient (Wildman–Crippen LogP) is 3.69. The number of hydrogen-bond donors (Lipinski definition) is 1. The minimum absolute atomic E-state index is 0. The smallest absolute Gasteiger partial charge is 0.222 e. The molecule has 2 bridgehead atoms. The molecule has 0 saturated carbocycles. The number of fused-ring (bicyclic) bond motifs is 2. The summed E-state index contributed by atoms with van der Waals surface area (Å²) in [7, 11) is 0. The van der Waals surface area contributed by atoms with Gasteiger partial charge in [-0.3, -0.25) is 4.79 Å². The molecule has 1 aromatic carbocycles. The molecular weight excluding hydrogens is 320 g/mol. The van der Waals surface area contributed by atoms with Crippen LogP contribution in [0.2, 0.25) is 0 Å². The lowest BCUT2D eigenvalue weighted by Crippen LogP contribution is -2.39. The van der Waals surface area contributed by atoms with Crippen molar-refractivity contribution in [1.82, 2.24) is 10.2 Å². The van der Waals surface area contributed by atoms with Crippen molar-refractivity contribution in [3.05, 3.63) is 35.4 Å². The average Bonchev–Trinajstić information content (AvgIpc) is 2.83. The molecule has 0 radical (unpaired) electrons. The number of benzene rings is 1. The number of carbonyl (C=O) groups is 1. The van der Waals surface area contributed by atoms with Crippen LogP contribution in [-0.2, 0) is 16.6 Å². The summed E-state index contributed by atoms with van der Waals surface area (Å²) in [5.41, 5.74) is 2.80. The lowest BCUT2D eigenvalue weighted by molar-refractivity contribution is -0.131. The Morgan fingerprint density at radius 2 is 1.79 bits per heavy atom. The van der Waals surface area contributed by atoms with Gasteiger partial charge in [-0.2, -0.15) is 0 Å². The minimum Gasteiger partial charge on any atom is -0.341 e. The van der Waals surface area contributed by atoms with E-state index < -0.39 is 0 Å². The van der Waals surface area contributed by atoms with E-state index in [1.54, 1.807) is 0 Å². The maximum atomic E-state index is 12.5. The molecule has 4 heteroatoms. The van der Waals surface area contributed by atoms with E-state index in [2.05, 4.69) is 55.3 Å². The molecule has 0 spiro atoms. The Hall–Kier alpha value is -1.06. The van der Waals surface area contributed by atoms with Crippen LogP contribution in [0.15, 0.2) is 24.3 Å². The number of hydrogen-bond acceptors (Lipinski definition) is 2. The summed E-state index contributed by atoms with van der Waals surface area (Å²) in [6.45, 7) is 8.51. The lowest BCUT2D eigenvalue weighted by atomic mass is 9.86. The molecule has 2 fully saturated rings. The first-order chi connectivity index (χ1) is 10.9. The van der Waals surface area contributed by atoms with Gasteiger partial charge in [0.1, 0.15) is 0 Å². The van der Waals surface area contributed by atoms with Crippen LogP contribution in [0.5, 0.6) is 0 Å². The van der Waals surface area contributed by atoms with Gasteiger partial charge in [-0.1, -0.05) is 45.0 Å². The molecule has 134 valence electrons. The quantitative estimate of drug-likeness (QED) is 0.901. The van der Waals surface area contributed by atoms with Crippen molar-refractivity contribution in [2.75, 3.05) is 13.1 Å². The zero-order valence-electron chi connectivity index (χ0n) is 15.2. The van der Waals surface area contributed by atoms with Crippen LogP contribution in [0.25, 0.3) is 0 Å². The van der Waals surface area contributed by atoms with E-state index in [0.29, 0.717) is 24.4 Å². The molecule has 0 aromatic heterocycles. The van der Waals surface area contributed by atoms with Gasteiger partial charge >= 0.3 is 0 Å². The van der Waals surface area contributed by atoms with E-state index in [1.807, 2.05) is 0 Å². The number of nitrogens with zero attached hydrogens (tertiary/aromatic N) is 1. The summed E-state index contributed by atoms with van der Waals surface area (Å²) in [5, 5.41) is 3.64. The molecule has 24 heavy (non-hydrogen) atoms. The highest BCUT2D eigenvalue weighted by Gasteiger charge is 2.30. The molecule has 2 atom stereocenters. The molecular formula is C20H31ClN2O. The summed E-state index contributed by atoms with van der Waals surface area (Å²) in [4.78, 5) is 14.6. The van der Waals surface area contributed by atoms with Crippen LogP contribution in [0.3, 0.4) is 0 Å². The fraction of sp³-hybridized carbons (Fsp3) is 0.650. The second kappa shape index (κ2) is 7.88. The number of rotatable bonds is 3. The van der Waals surface area contributed by atoms with Crippen molar-refractivity contribution in [1.29, 1.82) is 0 Å². The number of likely N-dealkylation sites (tertiary alicyclic amines) is 1. The van der Waals surface area contributed by atoms with Gasteiger partial charge in [-0.25, -0.2) is 0 Å². The Labute approximate surface area is 152 Å². The third kappa shape index (κ3) is 4.73. The van der Waals surface area contributed by atoms with Gasteiger partial charge in [0, 0.05) is 31.6 Å². The summed E-state index contributed by atoms with van der Waals surface area (Å²) < 4.78 is 0. The zero-order chi connectivity index (χ0) is 16.4. The molecule has 2 heterocycles. The second-order valence-electron chi connectivity index (χ2n) is 8.21. The molecule has 2 aliphatic heterocycles. The van der Waals surface area contributed by atoms with Crippen LogP contribution in [-0.4, -0.2) is 36.0 Å². The highest BCUT2D eigenvalue weighted by molar-refractivity contribution is 5.85. The van der Waals surface area contributed by atoms with Crippen molar-refractivity contribution >= 4 is 18.3 Å². The Kier molecular flexibility index (Phi) is 6.33. The van der Waals surface area contributed by atoms with E-state index in [0.717, 1.165) is 25.9 Å². The van der Waals surface area contributed by atoms with Gasteiger partial charge in [0.2, 0.25) is 5.91 Å². The Morgan fingerprint density at radius 3 is 2.46 bits per heavy atom. The van der Waals surface area contributed by atoms with Crippen molar-refractivity contribution in [3.8, 4) is 0 Å². The van der Waals surface area contributed by atoms with Gasteiger partial charge in [0.05, 0.1) is 0 Å². The molecule has 2 aliphatic rings. The third-order valence-electron chi connectivity index (χ3n) is 5.32. The second-order valence-corrected chi connectivity index (χ2v) is 8.21. The van der Waals surface area contributed by atoms with E-state index >= 15 is 0 Å². The van der Waals surface area contributed by atoms with Crippen LogP contribution in [0.1, 0.15) is 57.6 Å². The SMILES string of the molecule is CC(C)(C)c1ccc(CCC(=O)N2CCC3CCC(C2)N3)cc1.Cl. The molecule has 2 unspecified atom stereocenters. The summed E-state index contributed by atoms with van der Waals surface area (Å²) in [6.07, 6.45) is 5.10. The summed E-state index contributed by atoms with van der Waals surface area (Å²) >= 11 is 0. The Morgan fingerprint density at radius 1 is 1.12 bits per heavy atom. The number of nitrogens with one attached hydrogen (secondary N) is 1. The van der Waals surface area contributed by atoms with E-state index in [9.17, 15) is 4.79 Å². The van der Waals surface area contributed by atoms with Gasteiger partial charge < -0.3 is 10.2 Å². The number of amides is 1. The first-order valence-electron chi connectivity index (χ1n) is 9.05. The van der Waals surface area contributed by atoms with Gasteiger partial charge in [0.15, 0.2) is 0 Å². The van der Waals surface area contributed by atoms with Gasteiger partial charge in [-0.05, 0) is 42.2 Å². The first-order valence-corrected chi connectivity index (χ1v) is 9.05. The van der Waals surface area contributed by atoms with Crippen LogP contribution in [0, 0.1) is 0 Å². The van der Waals surface area contributed by atoms with E-state index in [4.69, 9.17) is 0 Å². The van der Waals surface area contributed by atoms with Gasteiger partial charge in [0.25, 0.3) is 0 Å². The predicted molar refractivity (Wildman–Crippen MR) is 102 cm³/mol. The van der Waals surface area contributed by atoms with E-state index in [-0.39, 0.29) is 17.8 Å². The number of carbonyl (C=O) groups excluding carboxylic acids is 1. The van der Waals surface area contributed by atoms with Crippen LogP contribution < -0.4 is 5.32 Å². The Bertz CT molecular complexity index is 550. The first kappa shape index (κ1) is 19.3. The van der Waals surface area contributed by atoms with E-state index in [1.165, 1.54) is 24.0 Å². The minimum atomic E-state index is 0. The largest absolute Gasteiger partial charge is 0.341 e.